The van der Waals surface area contributed by atoms with Crippen LogP contribution in [0.15, 0.2) is 47.4 Å². The number of aromatic nitrogens is 1. The number of sulfone groups is 1. The van der Waals surface area contributed by atoms with E-state index in [4.69, 9.17) is 23.2 Å². The van der Waals surface area contributed by atoms with Crippen LogP contribution in [-0.2, 0) is 14.6 Å². The summed E-state index contributed by atoms with van der Waals surface area (Å²) in [5.41, 5.74) is 0.642. The van der Waals surface area contributed by atoms with Crippen LogP contribution >= 0.6 is 46.9 Å². The second kappa shape index (κ2) is 11.6. The maximum Gasteiger partial charge on any atom is 0.229 e. The first-order valence-corrected chi connectivity index (χ1v) is 12.9. The molecule has 0 saturated carbocycles. The fourth-order valence-electron chi connectivity index (χ4n) is 3.01. The highest BCUT2D eigenvalue weighted by Gasteiger charge is 2.23. The molecule has 0 spiro atoms. The molecule has 174 valence electrons. The number of carbonyl (C=O) groups is 1. The van der Waals surface area contributed by atoms with Gasteiger partial charge in [0.15, 0.2) is 15.0 Å². The van der Waals surface area contributed by atoms with Crippen LogP contribution in [0.5, 0.6) is 0 Å². The average molecular weight is 537 g/mol. The number of anilines is 1. The number of nitrogens with zero attached hydrogens (tertiary/aromatic N) is 3. The van der Waals surface area contributed by atoms with E-state index in [2.05, 4.69) is 4.98 Å². The summed E-state index contributed by atoms with van der Waals surface area (Å²) < 4.78 is 26.2. The molecule has 1 aromatic heterocycles. The van der Waals surface area contributed by atoms with Crippen molar-refractivity contribution >= 4 is 78.0 Å². The first-order valence-electron chi connectivity index (χ1n) is 9.66. The molecule has 0 N–H and O–H groups in total. The zero-order valence-electron chi connectivity index (χ0n) is 17.6. The first-order chi connectivity index (χ1) is 14.7. The Kier molecular flexibility index (Phi) is 9.75. The molecule has 3 rings (SSSR count). The molecule has 32 heavy (non-hydrogen) atoms. The van der Waals surface area contributed by atoms with Crippen molar-refractivity contribution in [1.29, 1.82) is 0 Å². The molecule has 0 radical (unpaired) electrons. The van der Waals surface area contributed by atoms with Gasteiger partial charge in [-0.3, -0.25) is 9.69 Å². The zero-order valence-corrected chi connectivity index (χ0v) is 21.6. The Morgan fingerprint density at radius 1 is 1.06 bits per heavy atom. The number of hydrogen-bond acceptors (Lipinski definition) is 6. The van der Waals surface area contributed by atoms with Crippen LogP contribution in [0.3, 0.4) is 0 Å². The molecule has 0 aliphatic heterocycles. The van der Waals surface area contributed by atoms with Crippen LogP contribution in [-0.4, -0.2) is 57.1 Å². The van der Waals surface area contributed by atoms with Gasteiger partial charge in [-0.25, -0.2) is 13.4 Å². The number of carbonyl (C=O) groups excluding carboxylic acids is 1. The molecule has 0 atom stereocenters. The molecule has 3 aromatic rings. The number of para-hydroxylation sites is 1. The average Bonchev–Trinajstić information content (AvgIpc) is 3.15. The highest BCUT2D eigenvalue weighted by molar-refractivity contribution is 7.91. The monoisotopic (exact) mass is 535 g/mol. The van der Waals surface area contributed by atoms with Crippen LogP contribution in [0.1, 0.15) is 12.8 Å². The predicted octanol–water partition coefficient (Wildman–Crippen LogP) is 5.17. The van der Waals surface area contributed by atoms with Gasteiger partial charge in [0.05, 0.1) is 20.4 Å². The van der Waals surface area contributed by atoms with Gasteiger partial charge in [0.25, 0.3) is 0 Å². The number of thiazole rings is 1. The van der Waals surface area contributed by atoms with Crippen LogP contribution in [0.2, 0.25) is 10.0 Å². The number of rotatable bonds is 9. The second-order valence-electron chi connectivity index (χ2n) is 7.31. The zero-order chi connectivity index (χ0) is 22.6. The van der Waals surface area contributed by atoms with Crippen molar-refractivity contribution in [1.82, 2.24) is 9.88 Å². The largest absolute Gasteiger partial charge is 0.309 e. The number of hydrogen-bond donors (Lipinski definition) is 0. The summed E-state index contributed by atoms with van der Waals surface area (Å²) in [6, 6.07) is 11.4. The first kappa shape index (κ1) is 26.8. The van der Waals surface area contributed by atoms with E-state index in [1.54, 1.807) is 11.0 Å². The lowest BCUT2D eigenvalue weighted by Crippen LogP contribution is -2.34. The molecule has 1 amide bonds. The highest BCUT2D eigenvalue weighted by atomic mass is 35.5. The normalized spacial score (nSPS) is 11.5. The Hall–Kier alpha value is -1.42. The van der Waals surface area contributed by atoms with E-state index in [0.29, 0.717) is 27.2 Å². The fraction of sp³-hybridized carbons (Fsp3) is 0.333. The second-order valence-corrected chi connectivity index (χ2v) is 11.3. The van der Waals surface area contributed by atoms with Crippen LogP contribution in [0.25, 0.3) is 10.2 Å². The molecule has 0 bridgehead atoms. The maximum absolute atomic E-state index is 13.1. The van der Waals surface area contributed by atoms with Gasteiger partial charge < -0.3 is 4.90 Å². The van der Waals surface area contributed by atoms with E-state index in [-0.39, 0.29) is 35.4 Å². The summed E-state index contributed by atoms with van der Waals surface area (Å²) in [6.07, 6.45) is 0.586. The van der Waals surface area contributed by atoms with Gasteiger partial charge in [0.2, 0.25) is 5.91 Å². The van der Waals surface area contributed by atoms with Crippen LogP contribution in [0, 0.1) is 0 Å². The molecule has 2 aromatic carbocycles. The lowest BCUT2D eigenvalue weighted by Gasteiger charge is -2.21. The van der Waals surface area contributed by atoms with Gasteiger partial charge in [-0.05, 0) is 63.5 Å². The SMILES string of the molecule is CN(C)CCCN(C(=O)CCS(=O)(=O)c1ccc(Cl)cc1)c1nc2c(Cl)cccc2s1.Cl. The van der Waals surface area contributed by atoms with E-state index in [1.807, 2.05) is 31.1 Å². The smallest absolute Gasteiger partial charge is 0.229 e. The molecule has 0 unspecified atom stereocenters. The number of amides is 1. The summed E-state index contributed by atoms with van der Waals surface area (Å²) in [7, 11) is 0.316. The van der Waals surface area contributed by atoms with E-state index in [9.17, 15) is 13.2 Å². The summed E-state index contributed by atoms with van der Waals surface area (Å²) >= 11 is 13.5. The van der Waals surface area contributed by atoms with E-state index in [0.717, 1.165) is 17.7 Å². The molecule has 0 fully saturated rings. The highest BCUT2D eigenvalue weighted by Crippen LogP contribution is 2.33. The van der Waals surface area contributed by atoms with Crippen LogP contribution < -0.4 is 4.90 Å². The Morgan fingerprint density at radius 3 is 2.38 bits per heavy atom. The number of benzene rings is 2. The minimum Gasteiger partial charge on any atom is -0.309 e. The van der Waals surface area contributed by atoms with Crippen molar-refractivity contribution < 1.29 is 13.2 Å². The van der Waals surface area contributed by atoms with Crippen molar-refractivity contribution in [2.24, 2.45) is 0 Å². The van der Waals surface area contributed by atoms with E-state index < -0.39 is 9.84 Å². The van der Waals surface area contributed by atoms with Crippen molar-refractivity contribution in [2.45, 2.75) is 17.7 Å². The molecular formula is C21H24Cl3N3O3S2. The lowest BCUT2D eigenvalue weighted by molar-refractivity contribution is -0.118. The van der Waals surface area contributed by atoms with E-state index >= 15 is 0 Å². The van der Waals surface area contributed by atoms with Crippen molar-refractivity contribution in [3.63, 3.8) is 0 Å². The Bertz CT molecular complexity index is 1170. The molecule has 0 aliphatic rings. The third-order valence-corrected chi connectivity index (χ3v) is 7.97. The molecule has 11 heteroatoms. The fourth-order valence-corrected chi connectivity index (χ4v) is 5.67. The summed E-state index contributed by atoms with van der Waals surface area (Å²) in [6.45, 7) is 1.23. The minimum atomic E-state index is -3.61. The maximum atomic E-state index is 13.1. The summed E-state index contributed by atoms with van der Waals surface area (Å²) in [5, 5.41) is 1.50. The van der Waals surface area contributed by atoms with Crippen molar-refractivity contribution in [3.8, 4) is 0 Å². The predicted molar refractivity (Wildman–Crippen MR) is 136 cm³/mol. The Balaban J connectivity index is 0.00000363. The van der Waals surface area contributed by atoms with Gasteiger partial charge in [0, 0.05) is 18.0 Å². The molecular weight excluding hydrogens is 513 g/mol. The molecule has 6 nitrogen and oxygen atoms in total. The van der Waals surface area contributed by atoms with E-state index in [1.165, 1.54) is 35.6 Å². The minimum absolute atomic E-state index is 0. The third-order valence-electron chi connectivity index (χ3n) is 4.63. The van der Waals surface area contributed by atoms with Crippen LogP contribution in [0.4, 0.5) is 5.13 Å². The summed E-state index contributed by atoms with van der Waals surface area (Å²) in [4.78, 5) is 21.4. The standard InChI is InChI=1S/C21H23Cl2N3O3S2.ClH/c1-25(2)12-4-13-26(21-24-20-17(23)5-3-6-18(20)30-21)19(27)11-14-31(28,29)16-9-7-15(22)8-10-16;/h3,5-10H,4,11-14H2,1-2H3;1H. The number of halogens is 3. The Morgan fingerprint density at radius 2 is 1.75 bits per heavy atom. The van der Waals surface area contributed by atoms with Gasteiger partial charge in [0.1, 0.15) is 5.52 Å². The lowest BCUT2D eigenvalue weighted by atomic mass is 10.3. The van der Waals surface area contributed by atoms with Gasteiger partial charge in [-0.15, -0.1) is 12.4 Å². The topological polar surface area (TPSA) is 70.6 Å². The molecule has 1 heterocycles. The van der Waals surface area contributed by atoms with Crippen molar-refractivity contribution in [3.05, 3.63) is 52.5 Å². The summed E-state index contributed by atoms with van der Waals surface area (Å²) in [5.74, 6) is -0.574. The Labute approximate surface area is 208 Å². The van der Waals surface area contributed by atoms with Gasteiger partial charge in [-0.2, -0.15) is 0 Å². The van der Waals surface area contributed by atoms with Gasteiger partial charge in [-0.1, -0.05) is 40.6 Å². The van der Waals surface area contributed by atoms with Gasteiger partial charge >= 0.3 is 0 Å². The van der Waals surface area contributed by atoms with Crippen molar-refractivity contribution in [2.75, 3.05) is 37.8 Å². The number of fused-ring (bicyclic) bond motifs is 1. The molecule has 0 aliphatic carbocycles. The third kappa shape index (κ3) is 6.79. The molecule has 0 saturated heterocycles. The quantitative estimate of drug-likeness (QED) is 0.377.